The molecule has 0 spiro atoms. The molecule has 8 nitrogen and oxygen atoms in total. The van der Waals surface area contributed by atoms with Crippen molar-refractivity contribution in [3.8, 4) is 6.07 Å². The third-order valence-electron chi connectivity index (χ3n) is 4.06. The molecule has 0 saturated heterocycles. The number of carbonyl (C=O) groups excluding carboxylic acids is 2. The molecular formula is C20H21N3O5S. The van der Waals surface area contributed by atoms with Gasteiger partial charge in [0.15, 0.2) is 6.10 Å². The predicted molar refractivity (Wildman–Crippen MR) is 107 cm³/mol. The summed E-state index contributed by atoms with van der Waals surface area (Å²) in [7, 11) is -2.46. The monoisotopic (exact) mass is 415 g/mol. The largest absolute Gasteiger partial charge is 0.449 e. The lowest BCUT2D eigenvalue weighted by molar-refractivity contribution is -0.126. The van der Waals surface area contributed by atoms with Gasteiger partial charge >= 0.3 is 5.97 Å². The first kappa shape index (κ1) is 22.1. The molecule has 0 fully saturated rings. The Kier molecular flexibility index (Phi) is 7.47. The topological polar surface area (TPSA) is 117 Å². The summed E-state index contributed by atoms with van der Waals surface area (Å²) in [6.45, 7) is 1.58. The second-order valence-corrected chi connectivity index (χ2v) is 7.90. The van der Waals surface area contributed by atoms with Gasteiger partial charge in [0.25, 0.3) is 5.91 Å². The number of para-hydroxylation sites is 1. The van der Waals surface area contributed by atoms with E-state index in [1.54, 1.807) is 30.3 Å². The van der Waals surface area contributed by atoms with E-state index < -0.39 is 28.0 Å². The average molecular weight is 415 g/mol. The Hall–Kier alpha value is -3.22. The van der Waals surface area contributed by atoms with E-state index >= 15 is 0 Å². The van der Waals surface area contributed by atoms with Crippen molar-refractivity contribution in [3.63, 3.8) is 0 Å². The van der Waals surface area contributed by atoms with E-state index in [0.717, 1.165) is 0 Å². The highest BCUT2D eigenvalue weighted by Gasteiger charge is 2.26. The number of carbonyl (C=O) groups is 2. The summed E-state index contributed by atoms with van der Waals surface area (Å²) in [6, 6.07) is 16.1. The highest BCUT2D eigenvalue weighted by atomic mass is 32.2. The Morgan fingerprint density at radius 2 is 1.86 bits per heavy atom. The van der Waals surface area contributed by atoms with E-state index in [2.05, 4.69) is 4.72 Å². The number of nitriles is 1. The number of sulfonamides is 1. The van der Waals surface area contributed by atoms with Crippen molar-refractivity contribution in [1.82, 2.24) is 4.72 Å². The van der Waals surface area contributed by atoms with Crippen LogP contribution >= 0.6 is 0 Å². The lowest BCUT2D eigenvalue weighted by Crippen LogP contribution is -2.40. The van der Waals surface area contributed by atoms with Crippen LogP contribution in [0.3, 0.4) is 0 Å². The molecule has 9 heteroatoms. The average Bonchev–Trinajstić information content (AvgIpc) is 2.74. The van der Waals surface area contributed by atoms with E-state index in [9.17, 15) is 18.0 Å². The maximum atomic E-state index is 12.8. The highest BCUT2D eigenvalue weighted by Crippen LogP contribution is 2.17. The van der Waals surface area contributed by atoms with Gasteiger partial charge in [0.1, 0.15) is 0 Å². The van der Waals surface area contributed by atoms with Crippen molar-refractivity contribution < 1.29 is 22.7 Å². The lowest BCUT2D eigenvalue weighted by Gasteiger charge is -2.25. The highest BCUT2D eigenvalue weighted by molar-refractivity contribution is 7.89. The number of hydrogen-bond acceptors (Lipinski definition) is 6. The number of amides is 1. The zero-order chi connectivity index (χ0) is 21.4. The Morgan fingerprint density at radius 1 is 1.17 bits per heavy atom. The molecule has 1 atom stereocenters. The molecule has 0 unspecified atom stereocenters. The Labute approximate surface area is 169 Å². The number of hydrogen-bond donors (Lipinski definition) is 1. The van der Waals surface area contributed by atoms with Crippen molar-refractivity contribution >= 4 is 27.6 Å². The van der Waals surface area contributed by atoms with Gasteiger partial charge in [-0.25, -0.2) is 17.9 Å². The van der Waals surface area contributed by atoms with Crippen molar-refractivity contribution in [3.05, 3.63) is 60.2 Å². The molecule has 1 amide bonds. The standard InChI is InChI=1S/C20H21N3O5S/c1-15(19(24)23(13-7-12-21)17-9-4-3-5-10-17)28-20(25)16-8-6-11-18(14-16)29(26,27)22-2/h3-6,8-11,14-15,22H,7,13H2,1-2H3/t15-/m1/s1. The first-order chi connectivity index (χ1) is 13.8. The zero-order valence-corrected chi connectivity index (χ0v) is 16.8. The fourth-order valence-electron chi connectivity index (χ4n) is 2.54. The van der Waals surface area contributed by atoms with Gasteiger partial charge in [-0.05, 0) is 44.3 Å². The van der Waals surface area contributed by atoms with Crippen molar-refractivity contribution in [2.75, 3.05) is 18.5 Å². The summed E-state index contributed by atoms with van der Waals surface area (Å²) in [5.74, 6) is -1.31. The van der Waals surface area contributed by atoms with Gasteiger partial charge in [0, 0.05) is 12.2 Å². The van der Waals surface area contributed by atoms with Crippen LogP contribution < -0.4 is 9.62 Å². The molecule has 0 aliphatic heterocycles. The van der Waals surface area contributed by atoms with Gasteiger partial charge in [0.05, 0.1) is 22.9 Å². The maximum Gasteiger partial charge on any atom is 0.338 e. The van der Waals surface area contributed by atoms with Gasteiger partial charge in [-0.15, -0.1) is 0 Å². The molecule has 2 aromatic rings. The van der Waals surface area contributed by atoms with Crippen LogP contribution in [0.4, 0.5) is 5.69 Å². The quantitative estimate of drug-likeness (QED) is 0.660. The van der Waals surface area contributed by atoms with E-state index in [1.165, 1.54) is 43.1 Å². The van der Waals surface area contributed by atoms with E-state index in [1.807, 2.05) is 6.07 Å². The lowest BCUT2D eigenvalue weighted by atomic mass is 10.2. The van der Waals surface area contributed by atoms with Crippen LogP contribution in [0.5, 0.6) is 0 Å². The number of rotatable bonds is 8. The fraction of sp³-hybridized carbons (Fsp3) is 0.250. The number of esters is 1. The Morgan fingerprint density at radius 3 is 2.48 bits per heavy atom. The van der Waals surface area contributed by atoms with Crippen LogP contribution in [-0.4, -0.2) is 40.0 Å². The molecule has 0 bridgehead atoms. The summed E-state index contributed by atoms with van der Waals surface area (Å²) >= 11 is 0. The molecule has 0 saturated carbocycles. The van der Waals surface area contributed by atoms with Crippen LogP contribution in [-0.2, 0) is 19.6 Å². The minimum atomic E-state index is -3.72. The van der Waals surface area contributed by atoms with Crippen LogP contribution in [0.25, 0.3) is 0 Å². The molecule has 2 aromatic carbocycles. The molecule has 152 valence electrons. The fourth-order valence-corrected chi connectivity index (χ4v) is 3.32. The number of benzene rings is 2. The second-order valence-electron chi connectivity index (χ2n) is 6.02. The zero-order valence-electron chi connectivity index (χ0n) is 16.0. The van der Waals surface area contributed by atoms with Crippen LogP contribution in [0, 0.1) is 11.3 Å². The first-order valence-corrected chi connectivity index (χ1v) is 10.3. The van der Waals surface area contributed by atoms with Gasteiger partial charge < -0.3 is 9.64 Å². The van der Waals surface area contributed by atoms with Crippen LogP contribution in [0.2, 0.25) is 0 Å². The van der Waals surface area contributed by atoms with E-state index in [4.69, 9.17) is 10.00 Å². The van der Waals surface area contributed by atoms with E-state index in [-0.39, 0.29) is 23.4 Å². The minimum Gasteiger partial charge on any atom is -0.449 e. The summed E-state index contributed by atoms with van der Waals surface area (Å²) in [5, 5.41) is 8.86. The number of anilines is 1. The van der Waals surface area contributed by atoms with Crippen molar-refractivity contribution in [1.29, 1.82) is 5.26 Å². The molecule has 0 aliphatic rings. The first-order valence-electron chi connectivity index (χ1n) is 8.78. The summed E-state index contributed by atoms with van der Waals surface area (Å²) in [6.07, 6.45) is -1.02. The third kappa shape index (κ3) is 5.63. The van der Waals surface area contributed by atoms with E-state index in [0.29, 0.717) is 5.69 Å². The molecule has 0 aliphatic carbocycles. The van der Waals surface area contributed by atoms with Gasteiger partial charge in [-0.1, -0.05) is 24.3 Å². The summed E-state index contributed by atoms with van der Waals surface area (Å²) in [4.78, 5) is 26.6. The molecule has 0 heterocycles. The minimum absolute atomic E-state index is 0.00395. The molecule has 29 heavy (non-hydrogen) atoms. The number of nitrogens with zero attached hydrogens (tertiary/aromatic N) is 2. The normalized spacial score (nSPS) is 11.9. The summed E-state index contributed by atoms with van der Waals surface area (Å²) in [5.41, 5.74) is 0.585. The Bertz CT molecular complexity index is 1020. The second kappa shape index (κ2) is 9.82. The molecular weight excluding hydrogens is 394 g/mol. The molecule has 1 N–H and O–H groups in total. The third-order valence-corrected chi connectivity index (χ3v) is 5.47. The smallest absolute Gasteiger partial charge is 0.338 e. The number of nitrogens with one attached hydrogen (secondary N) is 1. The van der Waals surface area contributed by atoms with Crippen molar-refractivity contribution in [2.45, 2.75) is 24.3 Å². The van der Waals surface area contributed by atoms with Gasteiger partial charge in [0.2, 0.25) is 10.0 Å². The molecule has 2 rings (SSSR count). The predicted octanol–water partition coefficient (Wildman–Crippen LogP) is 2.09. The summed E-state index contributed by atoms with van der Waals surface area (Å²) < 4.78 is 31.2. The Balaban J connectivity index is 2.18. The van der Waals surface area contributed by atoms with Crippen LogP contribution in [0.15, 0.2) is 59.5 Å². The van der Waals surface area contributed by atoms with Gasteiger partial charge in [-0.2, -0.15) is 5.26 Å². The van der Waals surface area contributed by atoms with Gasteiger partial charge in [-0.3, -0.25) is 4.79 Å². The number of ether oxygens (including phenoxy) is 1. The molecule has 0 aromatic heterocycles. The maximum absolute atomic E-state index is 12.8. The van der Waals surface area contributed by atoms with Crippen LogP contribution in [0.1, 0.15) is 23.7 Å². The molecule has 0 radical (unpaired) electrons. The SMILES string of the molecule is CNS(=O)(=O)c1cccc(C(=O)O[C@H](C)C(=O)N(CCC#N)c2ccccc2)c1. The van der Waals surface area contributed by atoms with Crippen molar-refractivity contribution in [2.24, 2.45) is 0 Å².